The summed E-state index contributed by atoms with van der Waals surface area (Å²) in [5.41, 5.74) is 2.92. The lowest BCUT2D eigenvalue weighted by Crippen LogP contribution is -2.38. The molecule has 2 aromatic carbocycles. The molecule has 27 heavy (non-hydrogen) atoms. The fraction of sp³-hybridized carbons (Fsp3) is 0.0952. The Labute approximate surface area is 155 Å². The van der Waals surface area contributed by atoms with Crippen LogP contribution in [0.2, 0.25) is 0 Å². The summed E-state index contributed by atoms with van der Waals surface area (Å²) < 4.78 is 2.03. The van der Waals surface area contributed by atoms with Crippen LogP contribution in [-0.2, 0) is 14.1 Å². The molecule has 6 nitrogen and oxygen atoms in total. The van der Waals surface area contributed by atoms with Gasteiger partial charge in [0.1, 0.15) is 5.56 Å². The number of aliphatic imine (C=N–C) groups is 1. The Morgan fingerprint density at radius 3 is 2.33 bits per heavy atom. The van der Waals surface area contributed by atoms with Crippen LogP contribution in [0.25, 0.3) is 11.6 Å². The Hall–Kier alpha value is -3.67. The van der Waals surface area contributed by atoms with Crippen LogP contribution in [0.4, 0.5) is 5.69 Å². The van der Waals surface area contributed by atoms with Crippen molar-refractivity contribution >= 4 is 23.0 Å². The topological polar surface area (TPSA) is 76.6 Å². The van der Waals surface area contributed by atoms with Gasteiger partial charge in [-0.3, -0.25) is 13.9 Å². The van der Waals surface area contributed by atoms with Gasteiger partial charge in [0, 0.05) is 30.8 Å². The predicted octanol–water partition coefficient (Wildman–Crippen LogP) is 2.46. The Morgan fingerprint density at radius 1 is 0.926 bits per heavy atom. The number of fused-ring (bicyclic) bond motifs is 1. The van der Waals surface area contributed by atoms with E-state index in [2.05, 4.69) is 0 Å². The van der Waals surface area contributed by atoms with Gasteiger partial charge in [-0.05, 0) is 12.1 Å². The van der Waals surface area contributed by atoms with E-state index in [-0.39, 0.29) is 11.4 Å². The van der Waals surface area contributed by atoms with Gasteiger partial charge in [0.15, 0.2) is 0 Å². The quantitative estimate of drug-likeness (QED) is 0.764. The smallest absolute Gasteiger partial charge is 0.333 e. The largest absolute Gasteiger partial charge is 0.494 e. The van der Waals surface area contributed by atoms with E-state index in [0.717, 1.165) is 31.5 Å². The van der Waals surface area contributed by atoms with Crippen LogP contribution in [0.15, 0.2) is 69.2 Å². The van der Waals surface area contributed by atoms with Crippen molar-refractivity contribution < 1.29 is 5.11 Å². The van der Waals surface area contributed by atoms with Gasteiger partial charge in [0.05, 0.1) is 11.4 Å². The summed E-state index contributed by atoms with van der Waals surface area (Å²) in [6.45, 7) is 0. The third-order valence-corrected chi connectivity index (χ3v) is 4.69. The van der Waals surface area contributed by atoms with Crippen molar-refractivity contribution in [2.75, 3.05) is 0 Å². The molecule has 0 saturated heterocycles. The number of allylic oxidation sites excluding steroid dienone is 1. The lowest BCUT2D eigenvalue weighted by atomic mass is 9.96. The highest BCUT2D eigenvalue weighted by atomic mass is 16.3. The molecule has 0 radical (unpaired) electrons. The molecule has 1 N–H and O–H groups in total. The maximum absolute atomic E-state index is 12.6. The monoisotopic (exact) mass is 359 g/mol. The van der Waals surface area contributed by atoms with Crippen molar-refractivity contribution in [3.8, 4) is 5.88 Å². The molecule has 1 aliphatic rings. The lowest BCUT2D eigenvalue weighted by Gasteiger charge is -2.10. The summed E-state index contributed by atoms with van der Waals surface area (Å²) in [6.07, 6.45) is 1.61. The Morgan fingerprint density at radius 2 is 1.59 bits per heavy atom. The maximum atomic E-state index is 12.6. The zero-order chi connectivity index (χ0) is 19.1. The molecule has 0 bridgehead atoms. The molecule has 3 aromatic rings. The van der Waals surface area contributed by atoms with E-state index in [1.165, 1.54) is 14.1 Å². The fourth-order valence-electron chi connectivity index (χ4n) is 3.20. The molecule has 0 spiro atoms. The van der Waals surface area contributed by atoms with Gasteiger partial charge < -0.3 is 5.11 Å². The molecule has 1 aliphatic heterocycles. The molecular formula is C21H17N3O3. The van der Waals surface area contributed by atoms with E-state index in [0.29, 0.717) is 5.71 Å². The summed E-state index contributed by atoms with van der Waals surface area (Å²) in [4.78, 5) is 29.3. The third kappa shape index (κ3) is 2.62. The van der Waals surface area contributed by atoms with Gasteiger partial charge >= 0.3 is 5.69 Å². The lowest BCUT2D eigenvalue weighted by molar-refractivity contribution is 0.410. The standard InChI is InChI=1S/C21H17N3O3/c1-23-19(25)16(20(26)24(2)21(23)27)12-15-14-10-6-7-11-17(14)22-18(15)13-8-4-3-5-9-13/h3-12,25H,1-2H3. The van der Waals surface area contributed by atoms with Crippen molar-refractivity contribution in [2.24, 2.45) is 19.1 Å². The third-order valence-electron chi connectivity index (χ3n) is 4.69. The molecule has 1 aromatic heterocycles. The number of benzene rings is 2. The van der Waals surface area contributed by atoms with E-state index >= 15 is 0 Å². The van der Waals surface area contributed by atoms with E-state index in [4.69, 9.17) is 4.99 Å². The van der Waals surface area contributed by atoms with Crippen molar-refractivity contribution in [1.82, 2.24) is 9.13 Å². The minimum Gasteiger partial charge on any atom is -0.494 e. The first kappa shape index (κ1) is 16.8. The zero-order valence-electron chi connectivity index (χ0n) is 14.9. The Balaban J connectivity index is 2.01. The van der Waals surface area contributed by atoms with Crippen LogP contribution in [0.3, 0.4) is 0 Å². The van der Waals surface area contributed by atoms with Crippen molar-refractivity contribution in [3.05, 3.63) is 92.1 Å². The predicted molar refractivity (Wildman–Crippen MR) is 106 cm³/mol. The number of aromatic hydroxyl groups is 1. The number of nitrogens with zero attached hydrogens (tertiary/aromatic N) is 3. The summed E-state index contributed by atoms with van der Waals surface area (Å²) in [7, 11) is 2.81. The molecule has 134 valence electrons. The van der Waals surface area contributed by atoms with E-state index in [9.17, 15) is 14.7 Å². The van der Waals surface area contributed by atoms with Crippen LogP contribution >= 0.6 is 0 Å². The van der Waals surface area contributed by atoms with E-state index in [1.807, 2.05) is 54.6 Å². The van der Waals surface area contributed by atoms with Crippen molar-refractivity contribution in [3.63, 3.8) is 0 Å². The summed E-state index contributed by atoms with van der Waals surface area (Å²) in [6, 6.07) is 17.3. The molecule has 4 rings (SSSR count). The SMILES string of the molecule is Cn1c(O)c(C=C2C(c3ccccc3)=Nc3ccccc32)c(=O)n(C)c1=O. The molecule has 6 heteroatoms. The van der Waals surface area contributed by atoms with Gasteiger partial charge in [0.25, 0.3) is 5.56 Å². The highest BCUT2D eigenvalue weighted by Gasteiger charge is 2.23. The van der Waals surface area contributed by atoms with E-state index in [1.54, 1.807) is 6.08 Å². The molecule has 0 saturated carbocycles. The van der Waals surface area contributed by atoms with Gasteiger partial charge in [-0.25, -0.2) is 9.79 Å². The molecule has 0 aliphatic carbocycles. The molecule has 0 unspecified atom stereocenters. The van der Waals surface area contributed by atoms with E-state index < -0.39 is 11.2 Å². The second-order valence-electron chi connectivity index (χ2n) is 6.34. The highest BCUT2D eigenvalue weighted by molar-refractivity contribution is 6.39. The molecule has 0 amide bonds. The molecule has 0 fully saturated rings. The van der Waals surface area contributed by atoms with Crippen molar-refractivity contribution in [2.45, 2.75) is 0 Å². The number of rotatable bonds is 2. The zero-order valence-corrected chi connectivity index (χ0v) is 14.9. The normalized spacial score (nSPS) is 14.3. The average Bonchev–Trinajstić information content (AvgIpc) is 3.07. The Kier molecular flexibility index (Phi) is 3.88. The second kappa shape index (κ2) is 6.25. The van der Waals surface area contributed by atoms with Gasteiger partial charge in [0.2, 0.25) is 5.88 Å². The minimum absolute atomic E-state index is 0.0509. The first-order valence-corrected chi connectivity index (χ1v) is 8.43. The summed E-state index contributed by atoms with van der Waals surface area (Å²) in [5.74, 6) is -0.368. The first-order valence-electron chi connectivity index (χ1n) is 8.43. The van der Waals surface area contributed by atoms with Crippen molar-refractivity contribution in [1.29, 1.82) is 0 Å². The summed E-state index contributed by atoms with van der Waals surface area (Å²) in [5, 5.41) is 10.4. The van der Waals surface area contributed by atoms with Crippen LogP contribution in [0.1, 0.15) is 16.7 Å². The molecule has 0 atom stereocenters. The van der Waals surface area contributed by atoms with Crippen LogP contribution in [0, 0.1) is 0 Å². The number of hydrogen-bond donors (Lipinski definition) is 1. The number of para-hydroxylation sites is 1. The summed E-state index contributed by atoms with van der Waals surface area (Å²) >= 11 is 0. The van der Waals surface area contributed by atoms with Crippen LogP contribution < -0.4 is 11.2 Å². The van der Waals surface area contributed by atoms with Gasteiger partial charge in [-0.2, -0.15) is 0 Å². The van der Waals surface area contributed by atoms with Crippen LogP contribution in [-0.4, -0.2) is 20.0 Å². The second-order valence-corrected chi connectivity index (χ2v) is 6.34. The molecular weight excluding hydrogens is 342 g/mol. The molecule has 2 heterocycles. The number of hydrogen-bond acceptors (Lipinski definition) is 4. The fourth-order valence-corrected chi connectivity index (χ4v) is 3.20. The highest BCUT2D eigenvalue weighted by Crippen LogP contribution is 2.38. The Bertz CT molecular complexity index is 1230. The van der Waals surface area contributed by atoms with Gasteiger partial charge in [-0.1, -0.05) is 48.5 Å². The maximum Gasteiger partial charge on any atom is 0.333 e. The first-order chi connectivity index (χ1) is 13.0. The number of aromatic nitrogens is 2. The minimum atomic E-state index is -0.580. The van der Waals surface area contributed by atoms with Gasteiger partial charge in [-0.15, -0.1) is 0 Å². The van der Waals surface area contributed by atoms with Crippen LogP contribution in [0.5, 0.6) is 5.88 Å². The average molecular weight is 359 g/mol.